The minimum absolute atomic E-state index is 0.0495. The Kier molecular flexibility index (Phi) is 7.25. The van der Waals surface area contributed by atoms with Gasteiger partial charge in [0, 0.05) is 35.3 Å². The van der Waals surface area contributed by atoms with E-state index in [1.165, 1.54) is 18.2 Å². The van der Waals surface area contributed by atoms with E-state index in [0.717, 1.165) is 16.7 Å². The van der Waals surface area contributed by atoms with E-state index in [-0.39, 0.29) is 17.3 Å². The van der Waals surface area contributed by atoms with Crippen LogP contribution < -0.4 is 10.6 Å². The average molecular weight is 457 g/mol. The summed E-state index contributed by atoms with van der Waals surface area (Å²) in [7, 11) is 1.58. The van der Waals surface area contributed by atoms with Gasteiger partial charge in [0.1, 0.15) is 11.6 Å². The van der Waals surface area contributed by atoms with Crippen LogP contribution in [-0.4, -0.2) is 4.98 Å². The van der Waals surface area contributed by atoms with Gasteiger partial charge < -0.3 is 10.6 Å². The minimum Gasteiger partial charge on any atom is -0.381 e. The van der Waals surface area contributed by atoms with Crippen LogP contribution in [-0.2, 0) is 12.2 Å². The Morgan fingerprint density at radius 1 is 1.16 bits per heavy atom. The highest BCUT2D eigenvalue weighted by Gasteiger charge is 2.27. The number of rotatable bonds is 8. The predicted octanol–water partition coefficient (Wildman–Crippen LogP) is 7.08. The van der Waals surface area contributed by atoms with Crippen LogP contribution in [0.5, 0.6) is 0 Å². The number of nitrogens with one attached hydrogen (secondary N) is 2. The second-order valence-corrected chi connectivity index (χ2v) is 8.72. The summed E-state index contributed by atoms with van der Waals surface area (Å²) in [5.41, 5.74) is 1.52. The summed E-state index contributed by atoms with van der Waals surface area (Å²) in [6.07, 6.45) is 1.72. The van der Waals surface area contributed by atoms with Crippen molar-refractivity contribution in [2.24, 2.45) is 0 Å². The molecule has 1 atom stereocenters. The van der Waals surface area contributed by atoms with E-state index in [4.69, 9.17) is 0 Å². The first-order valence-electron chi connectivity index (χ1n) is 10.3. The number of hydrogen-bond donors (Lipinski definition) is 2. The molecule has 0 radical (unpaired) electrons. The third kappa shape index (κ3) is 5.68. The molecule has 0 saturated carbocycles. The Labute approximate surface area is 189 Å². The molecule has 2 N–H and O–H groups in total. The maximum absolute atomic E-state index is 13.8. The summed E-state index contributed by atoms with van der Waals surface area (Å²) in [5, 5.41) is 6.44. The summed E-state index contributed by atoms with van der Waals surface area (Å²) < 4.78 is 40.8. The smallest absolute Gasteiger partial charge is 0.284 e. The van der Waals surface area contributed by atoms with Gasteiger partial charge in [-0.25, -0.2) is 9.37 Å². The minimum atomic E-state index is -3.00. The molecular formula is C25H27F3N3P. The largest absolute Gasteiger partial charge is 0.381 e. The van der Waals surface area contributed by atoms with Crippen LogP contribution in [0.25, 0.3) is 5.70 Å². The van der Waals surface area contributed by atoms with E-state index in [1.807, 2.05) is 6.07 Å². The molecule has 0 fully saturated rings. The van der Waals surface area contributed by atoms with Crippen molar-refractivity contribution in [3.05, 3.63) is 94.9 Å². The molecule has 0 spiro atoms. The van der Waals surface area contributed by atoms with Crippen molar-refractivity contribution in [1.29, 1.82) is 0 Å². The van der Waals surface area contributed by atoms with Gasteiger partial charge in [-0.15, -0.1) is 0 Å². The van der Waals surface area contributed by atoms with Crippen LogP contribution in [0.2, 0.25) is 0 Å². The molecule has 1 unspecified atom stereocenters. The molecular weight excluding hydrogens is 430 g/mol. The summed E-state index contributed by atoms with van der Waals surface area (Å²) in [4.78, 5) is 4.48. The number of aromatic nitrogens is 1. The lowest BCUT2D eigenvalue weighted by atomic mass is 9.97. The van der Waals surface area contributed by atoms with Gasteiger partial charge >= 0.3 is 0 Å². The van der Waals surface area contributed by atoms with Crippen molar-refractivity contribution in [3.63, 3.8) is 0 Å². The second-order valence-electron chi connectivity index (χ2n) is 8.00. The lowest BCUT2D eigenvalue weighted by Crippen LogP contribution is -2.13. The molecule has 0 bridgehead atoms. The van der Waals surface area contributed by atoms with E-state index in [9.17, 15) is 13.2 Å². The summed E-state index contributed by atoms with van der Waals surface area (Å²) in [5.74, 6) is 0.474. The highest BCUT2D eigenvalue weighted by molar-refractivity contribution is 7.17. The maximum Gasteiger partial charge on any atom is 0.284 e. The molecule has 0 aliphatic rings. The first-order valence-corrected chi connectivity index (χ1v) is 10.9. The Morgan fingerprint density at radius 2 is 1.84 bits per heavy atom. The lowest BCUT2D eigenvalue weighted by Gasteiger charge is -2.20. The lowest BCUT2D eigenvalue weighted by molar-refractivity contribution is 0.103. The van der Waals surface area contributed by atoms with E-state index in [2.05, 4.69) is 36.0 Å². The molecule has 0 amide bonds. The van der Waals surface area contributed by atoms with Gasteiger partial charge in [-0.05, 0) is 53.8 Å². The first kappa shape index (κ1) is 23.8. The normalized spacial score (nSPS) is 11.5. The van der Waals surface area contributed by atoms with Crippen LogP contribution in [0.4, 0.5) is 24.7 Å². The molecule has 3 rings (SSSR count). The quantitative estimate of drug-likeness (QED) is 0.355. The molecule has 7 heteroatoms. The van der Waals surface area contributed by atoms with Crippen molar-refractivity contribution in [2.75, 3.05) is 5.32 Å². The number of benzene rings is 2. The Hall–Kier alpha value is -2.85. The van der Waals surface area contributed by atoms with Gasteiger partial charge in [0.2, 0.25) is 0 Å². The zero-order valence-electron chi connectivity index (χ0n) is 18.3. The number of hydrogen-bond acceptors (Lipinski definition) is 3. The van der Waals surface area contributed by atoms with E-state index < -0.39 is 5.66 Å². The van der Waals surface area contributed by atoms with Crippen molar-refractivity contribution >= 4 is 26.4 Å². The molecule has 1 heterocycles. The van der Waals surface area contributed by atoms with E-state index in [0.29, 0.717) is 29.3 Å². The number of pyridine rings is 1. The standard InChI is InChI=1S/C25H27F3N3P/c1-15(2)20-12-24(31-23-7-5-6-22(16(23)3)25(27,28)32)30-14-21(20)17(4)29-13-18-8-10-19(26)11-9-18/h5-12,14-15,29H,4,13,32H2,1-3H3,(H,30,31). The Balaban J connectivity index is 1.82. The summed E-state index contributed by atoms with van der Waals surface area (Å²) in [6, 6.07) is 13.0. The van der Waals surface area contributed by atoms with Crippen molar-refractivity contribution in [2.45, 2.75) is 38.9 Å². The number of alkyl halides is 2. The predicted molar refractivity (Wildman–Crippen MR) is 129 cm³/mol. The number of anilines is 2. The Morgan fingerprint density at radius 3 is 2.47 bits per heavy atom. The van der Waals surface area contributed by atoms with Gasteiger partial charge in [-0.1, -0.05) is 53.9 Å². The van der Waals surface area contributed by atoms with Crippen LogP contribution in [0.3, 0.4) is 0 Å². The zero-order chi connectivity index (χ0) is 23.5. The summed E-state index contributed by atoms with van der Waals surface area (Å²) >= 11 is 0. The van der Waals surface area contributed by atoms with Gasteiger partial charge in [0.15, 0.2) is 0 Å². The highest BCUT2D eigenvalue weighted by Crippen LogP contribution is 2.39. The van der Waals surface area contributed by atoms with Crippen molar-refractivity contribution in [1.82, 2.24) is 10.3 Å². The average Bonchev–Trinajstić information content (AvgIpc) is 2.73. The topological polar surface area (TPSA) is 37.0 Å². The molecule has 0 aliphatic heterocycles. The molecule has 1 aromatic heterocycles. The Bertz CT molecular complexity index is 1110. The van der Waals surface area contributed by atoms with Crippen LogP contribution >= 0.6 is 9.24 Å². The van der Waals surface area contributed by atoms with Crippen molar-refractivity contribution in [3.8, 4) is 0 Å². The molecule has 168 valence electrons. The second kappa shape index (κ2) is 9.74. The van der Waals surface area contributed by atoms with Gasteiger partial charge in [0.05, 0.1) is 0 Å². The molecule has 2 aromatic carbocycles. The first-order chi connectivity index (χ1) is 15.1. The number of halogens is 3. The fraction of sp³-hybridized carbons (Fsp3) is 0.240. The third-order valence-corrected chi connectivity index (χ3v) is 5.57. The zero-order valence-corrected chi connectivity index (χ0v) is 19.5. The molecule has 0 aliphatic carbocycles. The molecule has 32 heavy (non-hydrogen) atoms. The fourth-order valence-corrected chi connectivity index (χ4v) is 3.76. The van der Waals surface area contributed by atoms with Crippen LogP contribution in [0, 0.1) is 12.7 Å². The van der Waals surface area contributed by atoms with Crippen LogP contribution in [0.1, 0.15) is 47.6 Å². The molecule has 3 aromatic rings. The fourth-order valence-electron chi connectivity index (χ4n) is 3.45. The van der Waals surface area contributed by atoms with E-state index >= 15 is 0 Å². The molecule has 3 nitrogen and oxygen atoms in total. The van der Waals surface area contributed by atoms with E-state index in [1.54, 1.807) is 46.6 Å². The third-order valence-electron chi connectivity index (χ3n) is 5.26. The molecule has 0 saturated heterocycles. The van der Waals surface area contributed by atoms with Gasteiger partial charge in [-0.2, -0.15) is 8.78 Å². The van der Waals surface area contributed by atoms with Gasteiger partial charge in [0.25, 0.3) is 5.66 Å². The maximum atomic E-state index is 13.8. The monoisotopic (exact) mass is 457 g/mol. The van der Waals surface area contributed by atoms with Crippen molar-refractivity contribution < 1.29 is 13.2 Å². The SMILES string of the molecule is C=C(NCc1ccc(F)cc1)c1cnc(Nc2cccc(C(F)(F)P)c2C)cc1C(C)C. The van der Waals surface area contributed by atoms with Gasteiger partial charge in [-0.3, -0.25) is 0 Å². The summed E-state index contributed by atoms with van der Waals surface area (Å²) in [6.45, 7) is 10.4. The highest BCUT2D eigenvalue weighted by atomic mass is 31.0. The van der Waals surface area contributed by atoms with Crippen LogP contribution in [0.15, 0.2) is 61.3 Å². The number of nitrogens with zero attached hydrogens (tertiary/aromatic N) is 1.